The summed E-state index contributed by atoms with van der Waals surface area (Å²) < 4.78 is 27.1. The quantitative estimate of drug-likeness (QED) is 0.828. The molecule has 4 nitrogen and oxygen atoms in total. The number of hydrogen-bond acceptors (Lipinski definition) is 4. The lowest BCUT2D eigenvalue weighted by Gasteiger charge is -2.20. The van der Waals surface area contributed by atoms with Gasteiger partial charge in [0.1, 0.15) is 5.52 Å². The number of hydrogen-bond donors (Lipinski definition) is 2. The summed E-state index contributed by atoms with van der Waals surface area (Å²) in [7, 11) is 0. The van der Waals surface area contributed by atoms with E-state index in [0.29, 0.717) is 16.8 Å². The summed E-state index contributed by atoms with van der Waals surface area (Å²) in [4.78, 5) is 5.79. The van der Waals surface area contributed by atoms with E-state index < -0.39 is 23.8 Å². The molecule has 20 heavy (non-hydrogen) atoms. The zero-order chi connectivity index (χ0) is 14.4. The second-order valence-corrected chi connectivity index (χ2v) is 5.08. The minimum Gasteiger partial charge on any atom is -0.389 e. The van der Waals surface area contributed by atoms with Crippen LogP contribution in [-0.2, 0) is 0 Å². The molecular formula is C14H14F2N2O2. The number of nitrogens with zero attached hydrogens (tertiary/aromatic N) is 2. The highest BCUT2D eigenvalue weighted by molar-refractivity contribution is 5.92. The molecule has 6 heteroatoms. The molecule has 2 heterocycles. The fraction of sp³-hybridized carbons (Fsp3) is 0.357. The van der Waals surface area contributed by atoms with Crippen molar-refractivity contribution in [2.24, 2.45) is 0 Å². The van der Waals surface area contributed by atoms with Crippen molar-refractivity contribution in [1.82, 2.24) is 4.98 Å². The van der Waals surface area contributed by atoms with Crippen LogP contribution in [0.25, 0.3) is 10.9 Å². The van der Waals surface area contributed by atoms with Crippen molar-refractivity contribution in [3.05, 3.63) is 35.5 Å². The van der Waals surface area contributed by atoms with Crippen LogP contribution in [0.3, 0.4) is 0 Å². The van der Waals surface area contributed by atoms with E-state index in [0.717, 1.165) is 6.07 Å². The van der Waals surface area contributed by atoms with Crippen LogP contribution in [0.4, 0.5) is 14.5 Å². The molecule has 2 N–H and O–H groups in total. The van der Waals surface area contributed by atoms with Crippen LogP contribution in [0.15, 0.2) is 18.2 Å². The third-order valence-electron chi connectivity index (χ3n) is 3.58. The van der Waals surface area contributed by atoms with Crippen LogP contribution in [-0.4, -0.2) is 40.5 Å². The zero-order valence-corrected chi connectivity index (χ0v) is 10.8. The van der Waals surface area contributed by atoms with Crippen LogP contribution in [0.2, 0.25) is 0 Å². The van der Waals surface area contributed by atoms with Crippen molar-refractivity contribution in [2.45, 2.75) is 19.1 Å². The third kappa shape index (κ3) is 2.01. The Morgan fingerprint density at radius 2 is 1.85 bits per heavy atom. The summed E-state index contributed by atoms with van der Waals surface area (Å²) in [5, 5.41) is 19.7. The molecule has 0 amide bonds. The summed E-state index contributed by atoms with van der Waals surface area (Å²) in [6.45, 7) is 2.19. The van der Waals surface area contributed by atoms with Crippen molar-refractivity contribution in [3.8, 4) is 0 Å². The highest BCUT2D eigenvalue weighted by Crippen LogP contribution is 2.31. The molecule has 1 saturated heterocycles. The average Bonchev–Trinajstić information content (AvgIpc) is 2.74. The van der Waals surface area contributed by atoms with Crippen LogP contribution in [0.1, 0.15) is 5.69 Å². The van der Waals surface area contributed by atoms with E-state index in [9.17, 15) is 19.0 Å². The largest absolute Gasteiger partial charge is 0.389 e. The lowest BCUT2D eigenvalue weighted by Crippen LogP contribution is -2.22. The first-order chi connectivity index (χ1) is 9.47. The minimum absolute atomic E-state index is 0.0316. The van der Waals surface area contributed by atoms with E-state index in [2.05, 4.69) is 4.98 Å². The van der Waals surface area contributed by atoms with Gasteiger partial charge in [0.15, 0.2) is 11.6 Å². The van der Waals surface area contributed by atoms with Crippen LogP contribution in [0, 0.1) is 18.6 Å². The minimum atomic E-state index is -0.979. The van der Waals surface area contributed by atoms with Gasteiger partial charge in [-0.1, -0.05) is 0 Å². The first kappa shape index (κ1) is 13.2. The Bertz CT molecular complexity index is 668. The molecule has 0 aliphatic carbocycles. The van der Waals surface area contributed by atoms with E-state index in [4.69, 9.17) is 0 Å². The van der Waals surface area contributed by atoms with E-state index in [1.54, 1.807) is 17.9 Å². The lowest BCUT2D eigenvalue weighted by atomic mass is 10.1. The molecule has 0 saturated carbocycles. The maximum atomic E-state index is 13.8. The third-order valence-corrected chi connectivity index (χ3v) is 3.58. The number of halogens is 2. The molecule has 2 aromatic rings. The number of aliphatic hydroxyl groups is 2. The summed E-state index contributed by atoms with van der Waals surface area (Å²) >= 11 is 0. The molecule has 0 bridgehead atoms. The molecule has 0 spiro atoms. The Balaban J connectivity index is 2.18. The van der Waals surface area contributed by atoms with Crippen LogP contribution in [0.5, 0.6) is 0 Å². The van der Waals surface area contributed by atoms with Crippen molar-refractivity contribution in [2.75, 3.05) is 18.0 Å². The lowest BCUT2D eigenvalue weighted by molar-refractivity contribution is 0.0572. The van der Waals surface area contributed by atoms with Gasteiger partial charge in [-0.05, 0) is 25.1 Å². The Morgan fingerprint density at radius 3 is 2.50 bits per heavy atom. The van der Waals surface area contributed by atoms with E-state index >= 15 is 0 Å². The fourth-order valence-corrected chi connectivity index (χ4v) is 2.57. The number of fused-ring (bicyclic) bond motifs is 1. The van der Waals surface area contributed by atoms with Gasteiger partial charge in [-0.25, -0.2) is 13.8 Å². The normalized spacial score (nSPS) is 22.8. The Morgan fingerprint density at radius 1 is 1.20 bits per heavy atom. The smallest absolute Gasteiger partial charge is 0.185 e. The topological polar surface area (TPSA) is 56.6 Å². The molecular weight excluding hydrogens is 266 g/mol. The maximum Gasteiger partial charge on any atom is 0.185 e. The molecule has 1 fully saturated rings. The fourth-order valence-electron chi connectivity index (χ4n) is 2.57. The number of benzene rings is 1. The van der Waals surface area contributed by atoms with Gasteiger partial charge < -0.3 is 15.1 Å². The molecule has 2 unspecified atom stereocenters. The molecule has 1 aromatic heterocycles. The van der Waals surface area contributed by atoms with Gasteiger partial charge in [0.25, 0.3) is 0 Å². The number of aromatic nitrogens is 1. The second-order valence-electron chi connectivity index (χ2n) is 5.08. The number of aliphatic hydroxyl groups excluding tert-OH is 2. The maximum absolute atomic E-state index is 13.8. The molecule has 1 aromatic carbocycles. The molecule has 3 rings (SSSR count). The molecule has 106 valence electrons. The zero-order valence-electron chi connectivity index (χ0n) is 10.8. The Hall–Kier alpha value is -1.79. The van der Waals surface area contributed by atoms with Gasteiger partial charge in [0.05, 0.1) is 12.2 Å². The van der Waals surface area contributed by atoms with Crippen molar-refractivity contribution >= 4 is 16.6 Å². The van der Waals surface area contributed by atoms with Gasteiger partial charge in [0, 0.05) is 29.9 Å². The predicted molar refractivity (Wildman–Crippen MR) is 70.6 cm³/mol. The highest BCUT2D eigenvalue weighted by atomic mass is 19.2. The van der Waals surface area contributed by atoms with E-state index in [1.807, 2.05) is 0 Å². The number of anilines is 1. The number of rotatable bonds is 1. The Kier molecular flexibility index (Phi) is 3.07. The number of β-amino-alcohol motifs (C(OH)–C–C–N with tert-alkyl or cyclic N) is 2. The van der Waals surface area contributed by atoms with Gasteiger partial charge in [0.2, 0.25) is 0 Å². The SMILES string of the molecule is Cc1cc(N2CC(O)C(O)C2)c2ccc(F)c(F)c2n1. The molecule has 1 aliphatic heterocycles. The molecule has 2 atom stereocenters. The molecule has 1 aliphatic rings. The van der Waals surface area contributed by atoms with Gasteiger partial charge >= 0.3 is 0 Å². The van der Waals surface area contributed by atoms with Gasteiger partial charge in [-0.3, -0.25) is 0 Å². The number of pyridine rings is 1. The second kappa shape index (κ2) is 4.64. The summed E-state index contributed by atoms with van der Waals surface area (Å²) in [6.07, 6.45) is -1.69. The van der Waals surface area contributed by atoms with Crippen molar-refractivity contribution in [1.29, 1.82) is 0 Å². The average molecular weight is 280 g/mol. The van der Waals surface area contributed by atoms with Crippen molar-refractivity contribution in [3.63, 3.8) is 0 Å². The first-order valence-corrected chi connectivity index (χ1v) is 6.34. The van der Waals surface area contributed by atoms with Crippen LogP contribution < -0.4 is 4.90 Å². The highest BCUT2D eigenvalue weighted by Gasteiger charge is 2.31. The predicted octanol–water partition coefficient (Wildman–Crippen LogP) is 1.36. The number of aryl methyl sites for hydroxylation is 1. The van der Waals surface area contributed by atoms with E-state index in [1.165, 1.54) is 6.07 Å². The van der Waals surface area contributed by atoms with E-state index in [-0.39, 0.29) is 18.6 Å². The summed E-state index contributed by atoms with van der Waals surface area (Å²) in [5.74, 6) is -1.92. The Labute approximate surface area is 114 Å². The van der Waals surface area contributed by atoms with Gasteiger partial charge in [-0.2, -0.15) is 0 Å². The first-order valence-electron chi connectivity index (χ1n) is 6.34. The van der Waals surface area contributed by atoms with Crippen LogP contribution >= 0.6 is 0 Å². The molecule has 0 radical (unpaired) electrons. The van der Waals surface area contributed by atoms with Crippen molar-refractivity contribution < 1.29 is 19.0 Å². The van der Waals surface area contributed by atoms with Gasteiger partial charge in [-0.15, -0.1) is 0 Å². The standard InChI is InChI=1S/C14H14F2N2O2/c1-7-4-10(18-5-11(19)12(20)6-18)8-2-3-9(15)13(16)14(8)17-7/h2-4,11-12,19-20H,5-6H2,1H3. The summed E-state index contributed by atoms with van der Waals surface area (Å²) in [5.41, 5.74) is 1.16. The summed E-state index contributed by atoms with van der Waals surface area (Å²) in [6, 6.07) is 4.26. The monoisotopic (exact) mass is 280 g/mol.